The first-order valence-corrected chi connectivity index (χ1v) is 17.6. The summed E-state index contributed by atoms with van der Waals surface area (Å²) in [7, 11) is 1.51. The lowest BCUT2D eigenvalue weighted by molar-refractivity contribution is -0.137. The lowest BCUT2D eigenvalue weighted by atomic mass is 9.94. The van der Waals surface area contributed by atoms with Gasteiger partial charge in [0.25, 0.3) is 11.8 Å². The number of ether oxygens (including phenoxy) is 2. The van der Waals surface area contributed by atoms with Gasteiger partial charge >= 0.3 is 6.18 Å². The average Bonchev–Trinajstić information content (AvgIpc) is 3.69. The van der Waals surface area contributed by atoms with Crippen molar-refractivity contribution in [1.29, 1.82) is 0 Å². The number of amides is 2. The second-order valence-corrected chi connectivity index (χ2v) is 13.6. The van der Waals surface area contributed by atoms with Crippen molar-refractivity contribution in [3.05, 3.63) is 153 Å². The summed E-state index contributed by atoms with van der Waals surface area (Å²) < 4.78 is 83.7. The van der Waals surface area contributed by atoms with E-state index in [4.69, 9.17) is 21.1 Å². The zero-order chi connectivity index (χ0) is 39.3. The van der Waals surface area contributed by atoms with E-state index in [0.717, 1.165) is 17.5 Å². The number of rotatable bonds is 8. The summed E-state index contributed by atoms with van der Waals surface area (Å²) in [5.74, 6) is -1.67. The highest BCUT2D eigenvalue weighted by Gasteiger charge is 2.42. The van der Waals surface area contributed by atoms with Gasteiger partial charge in [-0.25, -0.2) is 13.8 Å². The number of alkyl halides is 3. The van der Waals surface area contributed by atoms with Crippen LogP contribution in [0.25, 0.3) is 11.4 Å². The van der Waals surface area contributed by atoms with Crippen LogP contribution in [0.4, 0.5) is 39.0 Å². The molecule has 0 spiro atoms. The van der Waals surface area contributed by atoms with Gasteiger partial charge in [-0.15, -0.1) is 0 Å². The minimum atomic E-state index is -4.94. The quantitative estimate of drug-likeness (QED) is 0.149. The van der Waals surface area contributed by atoms with E-state index >= 15 is 0 Å². The van der Waals surface area contributed by atoms with Gasteiger partial charge in [0.05, 0.1) is 30.8 Å². The van der Waals surface area contributed by atoms with Crippen LogP contribution >= 0.6 is 11.6 Å². The van der Waals surface area contributed by atoms with Gasteiger partial charge < -0.3 is 29.6 Å². The second-order valence-electron chi connectivity index (χ2n) is 13.1. The summed E-state index contributed by atoms with van der Waals surface area (Å²) in [4.78, 5) is 34.2. The fourth-order valence-corrected chi connectivity index (χ4v) is 7.22. The number of halogens is 6. The summed E-state index contributed by atoms with van der Waals surface area (Å²) in [5, 5.41) is 5.99. The number of benzene rings is 5. The van der Waals surface area contributed by atoms with E-state index < -0.39 is 46.8 Å². The monoisotopic (exact) mass is 785 g/mol. The zero-order valence-corrected chi connectivity index (χ0v) is 30.0. The fourth-order valence-electron chi connectivity index (χ4n) is 7.00. The Balaban J connectivity index is 1.26. The first kappa shape index (κ1) is 36.6. The average molecular weight is 786 g/mol. The van der Waals surface area contributed by atoms with Crippen LogP contribution in [0.2, 0.25) is 5.02 Å². The minimum Gasteiger partial charge on any atom is -0.497 e. The molecule has 2 N–H and O–H groups in total. The maximum atomic E-state index is 14.9. The van der Waals surface area contributed by atoms with E-state index in [0.29, 0.717) is 53.7 Å². The van der Waals surface area contributed by atoms with E-state index in [1.54, 1.807) is 48.7 Å². The fraction of sp³-hybridized carbons (Fsp3) is 0.146. The molecule has 5 aromatic carbocycles. The number of carbonyl (C=O) groups is 2. The number of nitrogens with zero attached hydrogens (tertiary/aromatic N) is 3. The van der Waals surface area contributed by atoms with Gasteiger partial charge in [0, 0.05) is 69.3 Å². The Hall–Kier alpha value is -6.41. The van der Waals surface area contributed by atoms with Crippen molar-refractivity contribution in [2.75, 3.05) is 24.4 Å². The second kappa shape index (κ2) is 14.3. The van der Waals surface area contributed by atoms with E-state index in [2.05, 4.69) is 15.6 Å². The van der Waals surface area contributed by atoms with Gasteiger partial charge in [0.15, 0.2) is 0 Å². The minimum absolute atomic E-state index is 0.00191. The molecule has 1 atom stereocenters. The van der Waals surface area contributed by atoms with Gasteiger partial charge in [-0.3, -0.25) is 9.59 Å². The normalized spacial score (nSPS) is 14.7. The highest BCUT2D eigenvalue weighted by molar-refractivity contribution is 6.31. The molecule has 0 fully saturated rings. The third kappa shape index (κ3) is 6.99. The van der Waals surface area contributed by atoms with Gasteiger partial charge in [-0.1, -0.05) is 23.7 Å². The third-order valence-electron chi connectivity index (χ3n) is 9.57. The molecular weight excluding hydrogens is 757 g/mol. The Kier molecular flexibility index (Phi) is 9.36. The first-order valence-electron chi connectivity index (χ1n) is 17.2. The van der Waals surface area contributed by atoms with Crippen molar-refractivity contribution in [1.82, 2.24) is 14.5 Å². The molecule has 3 heterocycles. The van der Waals surface area contributed by atoms with Crippen LogP contribution in [0.5, 0.6) is 11.5 Å². The van der Waals surface area contributed by atoms with Crippen molar-refractivity contribution in [2.24, 2.45) is 0 Å². The molecule has 0 bridgehead atoms. The molecule has 2 amide bonds. The topological polar surface area (TPSA) is 97.7 Å². The standard InChI is InChI=1S/C41H29ClF5N5O4/c1-55-29-6-2-22(3-7-29)21-52-37(31-17-25(43)4-9-33(31)42)36-32(40(52)54)18-28(19-34(36)50-39(53)23-14-24(41(45,46)47)16-26(44)15-23)49-27-5-8-30-35(20-27)56-13-12-51-11-10-48-38(30)51/h2-11,14-20,37,49H,12-13,21H2,1H3,(H,50,53). The molecule has 284 valence electrons. The highest BCUT2D eigenvalue weighted by Crippen LogP contribution is 2.47. The van der Waals surface area contributed by atoms with Crippen molar-refractivity contribution in [3.8, 4) is 22.9 Å². The van der Waals surface area contributed by atoms with Gasteiger partial charge in [-0.2, -0.15) is 13.2 Å². The number of fused-ring (bicyclic) bond motifs is 4. The molecule has 15 heteroatoms. The van der Waals surface area contributed by atoms with Crippen LogP contribution in [-0.4, -0.2) is 40.0 Å². The Morgan fingerprint density at radius 2 is 1.75 bits per heavy atom. The molecular formula is C41H29ClF5N5O4. The van der Waals surface area contributed by atoms with Crippen LogP contribution in [0, 0.1) is 11.6 Å². The lowest BCUT2D eigenvalue weighted by Gasteiger charge is -2.28. The van der Waals surface area contributed by atoms with Crippen molar-refractivity contribution in [2.45, 2.75) is 25.3 Å². The summed E-state index contributed by atoms with van der Waals surface area (Å²) in [5.41, 5.74) is 0.746. The Labute approximate surface area is 321 Å². The summed E-state index contributed by atoms with van der Waals surface area (Å²) in [6.45, 7) is 0.970. The SMILES string of the molecule is COc1ccc(CN2C(=O)c3cc(Nc4ccc5c(c4)OCCn4ccnc4-5)cc(NC(=O)c4cc(F)cc(C(F)(F)F)c4)c3C2c2cc(F)ccc2Cl)cc1. The molecule has 6 aromatic rings. The first-order chi connectivity index (χ1) is 26.9. The predicted molar refractivity (Wildman–Crippen MR) is 198 cm³/mol. The number of anilines is 3. The number of hydrogen-bond donors (Lipinski definition) is 2. The molecule has 8 rings (SSSR count). The summed E-state index contributed by atoms with van der Waals surface area (Å²) >= 11 is 6.68. The summed E-state index contributed by atoms with van der Waals surface area (Å²) in [6.07, 6.45) is -1.39. The predicted octanol–water partition coefficient (Wildman–Crippen LogP) is 9.64. The van der Waals surface area contributed by atoms with Crippen LogP contribution in [0.1, 0.15) is 49.0 Å². The Morgan fingerprint density at radius 1 is 0.946 bits per heavy atom. The van der Waals surface area contributed by atoms with Crippen molar-refractivity contribution in [3.63, 3.8) is 0 Å². The van der Waals surface area contributed by atoms with Crippen LogP contribution in [-0.2, 0) is 19.3 Å². The number of hydrogen-bond acceptors (Lipinski definition) is 6. The number of aromatic nitrogens is 2. The largest absolute Gasteiger partial charge is 0.497 e. The van der Waals surface area contributed by atoms with Crippen LogP contribution in [0.3, 0.4) is 0 Å². The molecule has 2 aliphatic rings. The maximum absolute atomic E-state index is 14.9. The molecule has 1 unspecified atom stereocenters. The van der Waals surface area contributed by atoms with E-state index in [1.165, 1.54) is 30.2 Å². The van der Waals surface area contributed by atoms with Crippen molar-refractivity contribution < 1.29 is 41.0 Å². The number of imidazole rings is 1. The maximum Gasteiger partial charge on any atom is 0.416 e. The van der Waals surface area contributed by atoms with Crippen LogP contribution < -0.4 is 20.1 Å². The number of methoxy groups -OCH3 is 1. The lowest BCUT2D eigenvalue weighted by Crippen LogP contribution is -2.28. The number of nitrogens with one attached hydrogen (secondary N) is 2. The molecule has 1 aromatic heterocycles. The highest BCUT2D eigenvalue weighted by atomic mass is 35.5. The van der Waals surface area contributed by atoms with Crippen molar-refractivity contribution >= 4 is 40.5 Å². The Bertz CT molecular complexity index is 2520. The van der Waals surface area contributed by atoms with E-state index in [9.17, 15) is 31.5 Å². The molecule has 0 saturated heterocycles. The van der Waals surface area contributed by atoms with Crippen LogP contribution in [0.15, 0.2) is 103 Å². The van der Waals surface area contributed by atoms with E-state index in [1.807, 2.05) is 16.8 Å². The molecule has 0 radical (unpaired) electrons. The smallest absolute Gasteiger partial charge is 0.416 e. The zero-order valence-electron chi connectivity index (χ0n) is 29.3. The molecule has 0 saturated carbocycles. The van der Waals surface area contributed by atoms with Gasteiger partial charge in [-0.05, 0) is 78.4 Å². The number of carbonyl (C=O) groups excluding carboxylic acids is 2. The molecule has 2 aliphatic heterocycles. The summed E-state index contributed by atoms with van der Waals surface area (Å²) in [6, 6.07) is 19.4. The van der Waals surface area contributed by atoms with Gasteiger partial charge in [0.2, 0.25) is 0 Å². The van der Waals surface area contributed by atoms with E-state index in [-0.39, 0.29) is 40.0 Å². The Morgan fingerprint density at radius 3 is 2.52 bits per heavy atom. The molecule has 56 heavy (non-hydrogen) atoms. The molecule has 9 nitrogen and oxygen atoms in total. The third-order valence-corrected chi connectivity index (χ3v) is 9.92. The van der Waals surface area contributed by atoms with Gasteiger partial charge in [0.1, 0.15) is 35.6 Å². The molecule has 0 aliphatic carbocycles.